The molecule has 154 valence electrons. The predicted octanol–water partition coefficient (Wildman–Crippen LogP) is 1.47. The van der Waals surface area contributed by atoms with Gasteiger partial charge in [0, 0.05) is 32.4 Å². The van der Waals surface area contributed by atoms with Crippen LogP contribution in [0.2, 0.25) is 0 Å². The molecule has 0 aromatic heterocycles. The fourth-order valence-corrected chi connectivity index (χ4v) is 3.59. The second kappa shape index (κ2) is 10.7. The third-order valence-corrected chi connectivity index (χ3v) is 5.21. The number of piperidine rings is 2. The zero-order valence-corrected chi connectivity index (χ0v) is 16.7. The summed E-state index contributed by atoms with van der Waals surface area (Å²) in [5, 5.41) is 9.44. The van der Waals surface area contributed by atoms with Crippen molar-refractivity contribution in [1.82, 2.24) is 9.80 Å². The van der Waals surface area contributed by atoms with Crippen molar-refractivity contribution in [3.63, 3.8) is 0 Å². The van der Waals surface area contributed by atoms with Crippen LogP contribution in [0.25, 0.3) is 0 Å². The van der Waals surface area contributed by atoms with E-state index in [1.165, 1.54) is 0 Å². The van der Waals surface area contributed by atoms with Gasteiger partial charge < -0.3 is 19.3 Å². The zero-order chi connectivity index (χ0) is 20.5. The van der Waals surface area contributed by atoms with Crippen molar-refractivity contribution in [1.29, 1.82) is 5.26 Å². The number of carbonyl (C=O) groups is 3. The Balaban J connectivity index is 1.88. The molecule has 28 heavy (non-hydrogen) atoms. The summed E-state index contributed by atoms with van der Waals surface area (Å²) in [7, 11) is 0. The van der Waals surface area contributed by atoms with Gasteiger partial charge in [0.25, 0.3) is 5.91 Å². The lowest BCUT2D eigenvalue weighted by Gasteiger charge is -2.32. The van der Waals surface area contributed by atoms with Crippen LogP contribution in [0.3, 0.4) is 0 Å². The van der Waals surface area contributed by atoms with E-state index in [1.807, 2.05) is 11.0 Å². The first-order valence-electron chi connectivity index (χ1n) is 9.98. The van der Waals surface area contributed by atoms with Crippen molar-refractivity contribution in [3.8, 4) is 6.07 Å². The minimum absolute atomic E-state index is 0.0872. The van der Waals surface area contributed by atoms with Gasteiger partial charge in [-0.3, -0.25) is 14.4 Å². The summed E-state index contributed by atoms with van der Waals surface area (Å²) in [6.45, 7) is 6.37. The van der Waals surface area contributed by atoms with Crippen molar-refractivity contribution >= 4 is 17.8 Å². The number of esters is 2. The molecule has 0 spiro atoms. The largest absolute Gasteiger partial charge is 0.466 e. The molecule has 0 atom stereocenters. The third-order valence-electron chi connectivity index (χ3n) is 5.21. The molecule has 0 aliphatic carbocycles. The van der Waals surface area contributed by atoms with Crippen LogP contribution in [-0.4, -0.2) is 67.0 Å². The van der Waals surface area contributed by atoms with Crippen LogP contribution < -0.4 is 0 Å². The summed E-state index contributed by atoms with van der Waals surface area (Å²) >= 11 is 0. The molecule has 8 nitrogen and oxygen atoms in total. The van der Waals surface area contributed by atoms with E-state index in [0.29, 0.717) is 65.1 Å². The molecule has 0 radical (unpaired) electrons. The monoisotopic (exact) mass is 391 g/mol. The topological polar surface area (TPSA) is 99.9 Å². The van der Waals surface area contributed by atoms with Crippen LogP contribution in [0.4, 0.5) is 0 Å². The van der Waals surface area contributed by atoms with Gasteiger partial charge in [-0.2, -0.15) is 5.26 Å². The number of nitriles is 1. The minimum atomic E-state index is -0.308. The van der Waals surface area contributed by atoms with Gasteiger partial charge in [-0.05, 0) is 39.5 Å². The van der Waals surface area contributed by atoms with Gasteiger partial charge >= 0.3 is 11.9 Å². The molecular formula is C20H29N3O5. The number of carbonyl (C=O) groups excluding carboxylic acids is 3. The third kappa shape index (κ3) is 5.72. The molecule has 1 amide bonds. The molecule has 2 aliphatic heterocycles. The molecule has 0 aromatic carbocycles. The van der Waals surface area contributed by atoms with E-state index in [0.717, 1.165) is 0 Å². The van der Waals surface area contributed by atoms with E-state index in [9.17, 15) is 19.6 Å². The molecule has 0 aromatic rings. The summed E-state index contributed by atoms with van der Waals surface area (Å²) in [4.78, 5) is 39.8. The van der Waals surface area contributed by atoms with Crippen molar-refractivity contribution in [2.45, 2.75) is 39.5 Å². The molecule has 2 aliphatic rings. The van der Waals surface area contributed by atoms with Crippen molar-refractivity contribution < 1.29 is 23.9 Å². The molecule has 2 heterocycles. The molecule has 0 unspecified atom stereocenters. The highest BCUT2D eigenvalue weighted by Crippen LogP contribution is 2.22. The van der Waals surface area contributed by atoms with Gasteiger partial charge in [0.1, 0.15) is 11.6 Å². The van der Waals surface area contributed by atoms with Crippen LogP contribution >= 0.6 is 0 Å². The van der Waals surface area contributed by atoms with E-state index in [4.69, 9.17) is 9.47 Å². The maximum atomic E-state index is 12.7. The Morgan fingerprint density at radius 1 is 0.929 bits per heavy atom. The second-order valence-electron chi connectivity index (χ2n) is 7.04. The van der Waals surface area contributed by atoms with Gasteiger partial charge in [0.05, 0.1) is 25.0 Å². The second-order valence-corrected chi connectivity index (χ2v) is 7.04. The van der Waals surface area contributed by atoms with Crippen LogP contribution in [0.1, 0.15) is 39.5 Å². The lowest BCUT2D eigenvalue weighted by Crippen LogP contribution is -2.41. The predicted molar refractivity (Wildman–Crippen MR) is 101 cm³/mol. The summed E-state index contributed by atoms with van der Waals surface area (Å²) < 4.78 is 10.1. The number of nitrogens with zero attached hydrogens (tertiary/aromatic N) is 3. The molecule has 0 bridgehead atoms. The van der Waals surface area contributed by atoms with Gasteiger partial charge in [0.2, 0.25) is 0 Å². The van der Waals surface area contributed by atoms with E-state index >= 15 is 0 Å². The van der Waals surface area contributed by atoms with Crippen LogP contribution in [0, 0.1) is 23.2 Å². The van der Waals surface area contributed by atoms with E-state index in [1.54, 1.807) is 24.9 Å². The zero-order valence-electron chi connectivity index (χ0n) is 16.7. The summed E-state index contributed by atoms with van der Waals surface area (Å²) in [5.74, 6) is -0.993. The molecule has 2 rings (SSSR count). The minimum Gasteiger partial charge on any atom is -0.466 e. The summed E-state index contributed by atoms with van der Waals surface area (Å²) in [6.07, 6.45) is 3.99. The van der Waals surface area contributed by atoms with Crippen LogP contribution in [0.15, 0.2) is 11.8 Å². The van der Waals surface area contributed by atoms with Gasteiger partial charge in [-0.15, -0.1) is 0 Å². The Kier molecular flexibility index (Phi) is 8.30. The quantitative estimate of drug-likeness (QED) is 0.384. The van der Waals surface area contributed by atoms with Crippen molar-refractivity contribution in [2.75, 3.05) is 39.4 Å². The fourth-order valence-electron chi connectivity index (χ4n) is 3.59. The first-order valence-corrected chi connectivity index (χ1v) is 9.98. The number of rotatable bonds is 6. The Labute approximate surface area is 166 Å². The highest BCUT2D eigenvalue weighted by Gasteiger charge is 2.30. The van der Waals surface area contributed by atoms with E-state index in [-0.39, 0.29) is 35.3 Å². The van der Waals surface area contributed by atoms with Gasteiger partial charge in [0.15, 0.2) is 0 Å². The molecule has 0 N–H and O–H groups in total. The smallest absolute Gasteiger partial charge is 0.309 e. The first-order chi connectivity index (χ1) is 13.5. The van der Waals surface area contributed by atoms with E-state index in [2.05, 4.69) is 0 Å². The number of amides is 1. The average Bonchev–Trinajstić information content (AvgIpc) is 2.72. The normalized spacial score (nSPS) is 19.1. The average molecular weight is 391 g/mol. The highest BCUT2D eigenvalue weighted by atomic mass is 16.5. The maximum absolute atomic E-state index is 12.7. The maximum Gasteiger partial charge on any atom is 0.309 e. The lowest BCUT2D eigenvalue weighted by atomic mass is 9.96. The molecular weight excluding hydrogens is 362 g/mol. The number of likely N-dealkylation sites (tertiary alicyclic amines) is 2. The van der Waals surface area contributed by atoms with E-state index < -0.39 is 0 Å². The van der Waals surface area contributed by atoms with Crippen LogP contribution in [0.5, 0.6) is 0 Å². The lowest BCUT2D eigenvalue weighted by molar-refractivity contribution is -0.151. The standard InChI is InChI=1S/C20H29N3O5/c1-3-27-19(25)15-5-9-22(10-6-15)14-17(13-21)18(24)23-11-7-16(8-12-23)20(26)28-4-2/h14-16H,3-12H2,1-2H3/b17-14-. The Morgan fingerprint density at radius 2 is 1.39 bits per heavy atom. The number of hydrogen-bond donors (Lipinski definition) is 0. The fraction of sp³-hybridized carbons (Fsp3) is 0.700. The highest BCUT2D eigenvalue weighted by molar-refractivity contribution is 5.97. The van der Waals surface area contributed by atoms with Gasteiger partial charge in [-0.1, -0.05) is 0 Å². The summed E-state index contributed by atoms with van der Waals surface area (Å²) in [6, 6.07) is 2.00. The summed E-state index contributed by atoms with van der Waals surface area (Å²) in [5.41, 5.74) is 0.0872. The molecule has 8 heteroatoms. The Morgan fingerprint density at radius 3 is 1.82 bits per heavy atom. The molecule has 2 saturated heterocycles. The molecule has 2 fully saturated rings. The Bertz CT molecular complexity index is 639. The van der Waals surface area contributed by atoms with Gasteiger partial charge in [-0.25, -0.2) is 0 Å². The Hall–Kier alpha value is -2.56. The number of hydrogen-bond acceptors (Lipinski definition) is 7. The molecule has 0 saturated carbocycles. The first kappa shape index (κ1) is 21.7. The number of ether oxygens (including phenoxy) is 2. The van der Waals surface area contributed by atoms with Crippen LogP contribution in [-0.2, 0) is 23.9 Å². The van der Waals surface area contributed by atoms with Crippen molar-refractivity contribution in [3.05, 3.63) is 11.8 Å². The van der Waals surface area contributed by atoms with Crippen molar-refractivity contribution in [2.24, 2.45) is 11.8 Å². The SMILES string of the molecule is CCOC(=O)C1CCN(/C=C(/C#N)C(=O)N2CCC(C(=O)OCC)CC2)CC1.